The van der Waals surface area contributed by atoms with Gasteiger partial charge in [-0.15, -0.1) is 0 Å². The Morgan fingerprint density at radius 2 is 0.301 bits per heavy atom. The average Bonchev–Trinajstić information content (AvgIpc) is 2.14. The first kappa shape index (κ1) is 86.4. The van der Waals surface area contributed by atoms with Gasteiger partial charge in [0.15, 0.2) is 0 Å². The summed E-state index contributed by atoms with van der Waals surface area (Å²) in [6.45, 7) is 52.2. The molecule has 0 aromatic carbocycles. The zero-order chi connectivity index (χ0) is 65.3. The maximum Gasteiger partial charge on any atom is 0.0799 e. The maximum absolute atomic E-state index is 3.93. The lowest BCUT2D eigenvalue weighted by Crippen LogP contribution is -2.53. The summed E-state index contributed by atoms with van der Waals surface area (Å²) in [5.74, 6) is 0. The van der Waals surface area contributed by atoms with Crippen LogP contribution in [0.3, 0.4) is 0 Å². The average molecular weight is 1320 g/mol. The van der Waals surface area contributed by atoms with Crippen molar-refractivity contribution < 1.29 is 4.48 Å². The topological polar surface area (TPSA) is 223 Å². The van der Waals surface area contributed by atoms with E-state index in [0.29, 0.717) is 0 Å². The molecule has 3 saturated heterocycles. The van der Waals surface area contributed by atoms with Gasteiger partial charge < -0.3 is 110 Å². The fraction of sp³-hybridized carbons (Fsp3) is 1.00. The van der Waals surface area contributed by atoms with E-state index >= 15 is 0 Å². The lowest BCUT2D eigenvalue weighted by Gasteiger charge is -2.40. The lowest BCUT2D eigenvalue weighted by molar-refractivity contribution is -0.928. The van der Waals surface area contributed by atoms with Gasteiger partial charge in [0.2, 0.25) is 0 Å². The van der Waals surface area contributed by atoms with Crippen molar-refractivity contribution in [3.8, 4) is 0 Å². The van der Waals surface area contributed by atoms with E-state index in [1.54, 1.807) is 0 Å². The summed E-state index contributed by atoms with van der Waals surface area (Å²) in [4.78, 5) is 5.71. The van der Waals surface area contributed by atoms with E-state index in [4.69, 9.17) is 0 Å². The summed E-state index contributed by atoms with van der Waals surface area (Å²) in [5, 5.41) is 67.5. The fourth-order valence-corrected chi connectivity index (χ4v) is 13.2. The minimum absolute atomic E-state index is 1.10. The van der Waals surface area contributed by atoms with Gasteiger partial charge in [0.25, 0.3) is 0 Å². The van der Waals surface area contributed by atoms with Crippen molar-refractivity contribution in [1.82, 2.24) is 106 Å². The second-order valence-corrected chi connectivity index (χ2v) is 27.6. The monoisotopic (exact) mass is 1320 g/mol. The molecule has 3 aliphatic heterocycles. The van der Waals surface area contributed by atoms with E-state index in [1.807, 2.05) is 0 Å². The first-order valence-electron chi connectivity index (χ1n) is 40.4. The van der Waals surface area contributed by atoms with E-state index in [-0.39, 0.29) is 0 Å². The van der Waals surface area contributed by atoms with Gasteiger partial charge in [0.1, 0.15) is 0 Å². The molecule has 0 aromatic rings. The third-order valence-electron chi connectivity index (χ3n) is 18.9. The molecule has 3 aliphatic rings. The molecule has 21 heteroatoms. The van der Waals surface area contributed by atoms with Crippen LogP contribution in [0.4, 0.5) is 0 Å². The Morgan fingerprint density at radius 3 is 0.473 bits per heavy atom. The van der Waals surface area contributed by atoms with Crippen molar-refractivity contribution in [3.63, 3.8) is 0 Å². The smallest absolute Gasteiger partial charge is 0.0799 e. The molecule has 93 heavy (non-hydrogen) atoms. The SMILES string of the molecule is C1CCNCCCNCCCNCCCN(CCC[N+]2(CCCN3CCCNCCCNCCCNCCCCNCCCNCCCNCCC3)CCCNCCCNCCCNCCCCNCCCNCCCNCCC2)CCCNCCCNCCCNC1. The summed E-state index contributed by atoms with van der Waals surface area (Å²) < 4.78 is 1.26. The Morgan fingerprint density at radius 1 is 0.161 bits per heavy atom. The Kier molecular flexibility index (Phi) is 67.3. The van der Waals surface area contributed by atoms with E-state index in [2.05, 4.69) is 106 Å². The van der Waals surface area contributed by atoms with Crippen molar-refractivity contribution in [3.05, 3.63) is 0 Å². The van der Waals surface area contributed by atoms with Crippen molar-refractivity contribution >= 4 is 0 Å². The minimum atomic E-state index is 1.10. The Labute approximate surface area is 575 Å². The standard InChI is InChI=1S/C72H162N21/c1-2-28-74-34-8-40-80-46-14-52-86-58-20-64-91(63-19-57-85-51-13-45-79-39-7-33-73-27-1)67-25-71-93(69-23-61-89-55-17-49-83-43-11-37-77-31-5-6-32-78-38-12-44-84-50-18-56-90-62-24-70-93)72-26-68-92-65-21-59-87-53-15-47-81-41-9-35-75-29-3-4-30-76-36-10-42-82-48-16-54-88-60-22-66-92/h73-90H,1-72H2/q+1. The molecule has 0 saturated carbocycles. The second-order valence-electron chi connectivity index (χ2n) is 27.6. The van der Waals surface area contributed by atoms with E-state index < -0.39 is 0 Å². The third-order valence-corrected chi connectivity index (χ3v) is 18.9. The molecule has 0 bridgehead atoms. The van der Waals surface area contributed by atoms with E-state index in [1.165, 1.54) is 237 Å². The predicted octanol–water partition coefficient (Wildman–Crippen LogP) is 2.20. The number of rotatable bonds is 8. The highest BCUT2D eigenvalue weighted by atomic mass is 15.4. The van der Waals surface area contributed by atoms with Gasteiger partial charge in [-0.3, -0.25) is 0 Å². The lowest BCUT2D eigenvalue weighted by atomic mass is 10.1. The van der Waals surface area contributed by atoms with Crippen LogP contribution in [0.2, 0.25) is 0 Å². The van der Waals surface area contributed by atoms with Crippen LogP contribution < -0.4 is 95.7 Å². The fourth-order valence-electron chi connectivity index (χ4n) is 13.2. The molecule has 0 aliphatic carbocycles. The molecule has 0 unspecified atom stereocenters. The van der Waals surface area contributed by atoms with E-state index in [0.717, 1.165) is 236 Å². The van der Waals surface area contributed by atoms with Gasteiger partial charge in [0.05, 0.1) is 26.2 Å². The number of nitrogens with one attached hydrogen (secondary N) is 18. The zero-order valence-corrected chi connectivity index (χ0v) is 61.3. The molecular weight excluding hydrogens is 1160 g/mol. The normalized spacial score (nSPS) is 24.6. The van der Waals surface area contributed by atoms with Crippen molar-refractivity contribution in [2.75, 3.05) is 301 Å². The Hall–Kier alpha value is -0.840. The quantitative estimate of drug-likeness (QED) is 0.157. The van der Waals surface area contributed by atoms with Gasteiger partial charge in [0, 0.05) is 51.9 Å². The molecule has 3 rings (SSSR count). The number of nitrogens with zero attached hydrogens (tertiary/aromatic N) is 3. The first-order valence-corrected chi connectivity index (χ1v) is 40.4. The highest BCUT2D eigenvalue weighted by Crippen LogP contribution is 2.15. The molecule has 18 N–H and O–H groups in total. The Balaban J connectivity index is 1.71. The van der Waals surface area contributed by atoms with Crippen LogP contribution in [0, 0.1) is 0 Å². The van der Waals surface area contributed by atoms with Crippen LogP contribution in [0.5, 0.6) is 0 Å². The van der Waals surface area contributed by atoms with Crippen LogP contribution in [0.15, 0.2) is 0 Å². The molecule has 0 radical (unpaired) electrons. The van der Waals surface area contributed by atoms with Crippen molar-refractivity contribution in [2.24, 2.45) is 0 Å². The van der Waals surface area contributed by atoms with Gasteiger partial charge in [-0.2, -0.15) is 0 Å². The van der Waals surface area contributed by atoms with Crippen LogP contribution in [0.25, 0.3) is 0 Å². The van der Waals surface area contributed by atoms with E-state index in [9.17, 15) is 0 Å². The number of hydrogen-bond acceptors (Lipinski definition) is 20. The number of quaternary nitrogens is 1. The summed E-state index contributed by atoms with van der Waals surface area (Å²) in [6.07, 6.45) is 31.8. The van der Waals surface area contributed by atoms with Gasteiger partial charge >= 0.3 is 0 Å². The Bertz CT molecular complexity index is 1270. The van der Waals surface area contributed by atoms with Crippen molar-refractivity contribution in [1.29, 1.82) is 0 Å². The molecule has 0 atom stereocenters. The summed E-state index contributed by atoms with van der Waals surface area (Å²) in [6, 6.07) is 0. The third kappa shape index (κ3) is 61.9. The van der Waals surface area contributed by atoms with Crippen LogP contribution in [-0.2, 0) is 0 Å². The van der Waals surface area contributed by atoms with Crippen LogP contribution >= 0.6 is 0 Å². The van der Waals surface area contributed by atoms with Gasteiger partial charge in [-0.25, -0.2) is 0 Å². The summed E-state index contributed by atoms with van der Waals surface area (Å²) >= 11 is 0. The summed E-state index contributed by atoms with van der Waals surface area (Å²) in [5.41, 5.74) is 0. The molecule has 0 amide bonds. The highest BCUT2D eigenvalue weighted by molar-refractivity contribution is 4.69. The van der Waals surface area contributed by atoms with Crippen LogP contribution in [0.1, 0.15) is 167 Å². The predicted molar refractivity (Wildman–Crippen MR) is 404 cm³/mol. The zero-order valence-electron chi connectivity index (χ0n) is 61.3. The molecule has 0 spiro atoms. The molecular formula is C72H162N21+. The number of hydrogen-bond donors (Lipinski definition) is 18. The van der Waals surface area contributed by atoms with Crippen LogP contribution in [-0.4, -0.2) is 315 Å². The minimum Gasteiger partial charge on any atom is -0.323 e. The first-order chi connectivity index (χ1) is 46.4. The van der Waals surface area contributed by atoms with Gasteiger partial charge in [-0.05, 0) is 390 Å². The van der Waals surface area contributed by atoms with Crippen molar-refractivity contribution in [2.45, 2.75) is 167 Å². The van der Waals surface area contributed by atoms with Gasteiger partial charge in [-0.1, -0.05) is 0 Å². The maximum atomic E-state index is 3.93. The molecule has 0 aromatic heterocycles. The highest BCUT2D eigenvalue weighted by Gasteiger charge is 2.27. The molecule has 3 fully saturated rings. The largest absolute Gasteiger partial charge is 0.323 e. The second kappa shape index (κ2) is 72.4. The molecule has 21 nitrogen and oxygen atoms in total. The molecule has 3 heterocycles. The summed E-state index contributed by atoms with van der Waals surface area (Å²) in [7, 11) is 0. The molecule has 554 valence electrons.